The SMILES string of the molecule is CC(O)CCN(C)CCNS(C)(=O)=O. The molecule has 2 N–H and O–H groups in total. The topological polar surface area (TPSA) is 69.6 Å². The maximum Gasteiger partial charge on any atom is 0.208 e. The summed E-state index contributed by atoms with van der Waals surface area (Å²) >= 11 is 0. The van der Waals surface area contributed by atoms with Crippen LogP contribution >= 0.6 is 0 Å². The molecule has 0 aliphatic heterocycles. The maximum absolute atomic E-state index is 10.7. The predicted molar refractivity (Wildman–Crippen MR) is 56.6 cm³/mol. The van der Waals surface area contributed by atoms with Crippen molar-refractivity contribution >= 4 is 10.0 Å². The molecule has 86 valence electrons. The smallest absolute Gasteiger partial charge is 0.208 e. The van der Waals surface area contributed by atoms with Gasteiger partial charge in [-0.1, -0.05) is 0 Å². The molecular weight excluding hydrogens is 204 g/mol. The molecule has 0 rings (SSSR count). The van der Waals surface area contributed by atoms with Crippen molar-refractivity contribution in [2.24, 2.45) is 0 Å². The van der Waals surface area contributed by atoms with Crippen molar-refractivity contribution in [2.75, 3.05) is 32.9 Å². The van der Waals surface area contributed by atoms with Crippen LogP contribution in [-0.4, -0.2) is 57.5 Å². The highest BCUT2D eigenvalue weighted by Gasteiger charge is 2.03. The fraction of sp³-hybridized carbons (Fsp3) is 1.00. The van der Waals surface area contributed by atoms with Crippen LogP contribution in [0.25, 0.3) is 0 Å². The van der Waals surface area contributed by atoms with Crippen molar-refractivity contribution in [2.45, 2.75) is 19.4 Å². The summed E-state index contributed by atoms with van der Waals surface area (Å²) in [5.74, 6) is 0. The quantitative estimate of drug-likeness (QED) is 0.596. The lowest BCUT2D eigenvalue weighted by molar-refractivity contribution is 0.165. The van der Waals surface area contributed by atoms with Crippen molar-refractivity contribution in [3.8, 4) is 0 Å². The molecule has 0 saturated heterocycles. The summed E-state index contributed by atoms with van der Waals surface area (Å²) in [4.78, 5) is 1.98. The van der Waals surface area contributed by atoms with Crippen LogP contribution < -0.4 is 4.72 Å². The normalized spacial score (nSPS) is 14.6. The standard InChI is InChI=1S/C8H20N2O3S/c1-8(11)4-6-10(2)7-5-9-14(3,12)13/h8-9,11H,4-7H2,1-3H3. The first-order chi connectivity index (χ1) is 6.31. The molecule has 14 heavy (non-hydrogen) atoms. The largest absolute Gasteiger partial charge is 0.393 e. The second kappa shape index (κ2) is 6.34. The Labute approximate surface area is 86.2 Å². The van der Waals surface area contributed by atoms with Gasteiger partial charge in [0.05, 0.1) is 12.4 Å². The van der Waals surface area contributed by atoms with Gasteiger partial charge in [-0.25, -0.2) is 13.1 Å². The van der Waals surface area contributed by atoms with Crippen molar-refractivity contribution in [3.05, 3.63) is 0 Å². The molecule has 5 nitrogen and oxygen atoms in total. The Balaban J connectivity index is 3.50. The summed E-state index contributed by atoms with van der Waals surface area (Å²) < 4.78 is 23.8. The highest BCUT2D eigenvalue weighted by Crippen LogP contribution is 1.92. The lowest BCUT2D eigenvalue weighted by Gasteiger charge is -2.17. The minimum absolute atomic E-state index is 0.305. The van der Waals surface area contributed by atoms with E-state index in [4.69, 9.17) is 5.11 Å². The number of nitrogens with zero attached hydrogens (tertiary/aromatic N) is 1. The molecule has 1 atom stereocenters. The van der Waals surface area contributed by atoms with E-state index in [1.165, 1.54) is 0 Å². The first-order valence-electron chi connectivity index (χ1n) is 4.62. The molecule has 0 radical (unpaired) electrons. The number of rotatable bonds is 7. The van der Waals surface area contributed by atoms with E-state index in [0.717, 1.165) is 12.8 Å². The number of aliphatic hydroxyl groups excluding tert-OH is 1. The van der Waals surface area contributed by atoms with E-state index in [9.17, 15) is 8.42 Å². The monoisotopic (exact) mass is 224 g/mol. The lowest BCUT2D eigenvalue weighted by Crippen LogP contribution is -2.33. The van der Waals surface area contributed by atoms with Crippen molar-refractivity contribution in [3.63, 3.8) is 0 Å². The lowest BCUT2D eigenvalue weighted by atomic mass is 10.3. The van der Waals surface area contributed by atoms with Gasteiger partial charge in [0, 0.05) is 19.6 Å². The van der Waals surface area contributed by atoms with Gasteiger partial charge in [-0.2, -0.15) is 0 Å². The van der Waals surface area contributed by atoms with Gasteiger partial charge in [-0.3, -0.25) is 0 Å². The van der Waals surface area contributed by atoms with E-state index in [2.05, 4.69) is 4.72 Å². The molecule has 0 spiro atoms. The molecule has 1 unspecified atom stereocenters. The average molecular weight is 224 g/mol. The summed E-state index contributed by atoms with van der Waals surface area (Å²) in [5, 5.41) is 9.02. The van der Waals surface area contributed by atoms with E-state index in [1.54, 1.807) is 6.92 Å². The summed E-state index contributed by atoms with van der Waals surface area (Å²) in [7, 11) is -1.18. The Bertz CT molecular complexity index is 239. The minimum Gasteiger partial charge on any atom is -0.393 e. The molecular formula is C8H20N2O3S. The van der Waals surface area contributed by atoms with Crippen LogP contribution in [0.1, 0.15) is 13.3 Å². The third-order valence-electron chi connectivity index (χ3n) is 1.79. The van der Waals surface area contributed by atoms with Crippen molar-refractivity contribution in [1.82, 2.24) is 9.62 Å². The summed E-state index contributed by atoms with van der Waals surface area (Å²) in [6.45, 7) is 3.57. The molecule has 0 aliphatic carbocycles. The Morgan fingerprint density at radius 1 is 1.43 bits per heavy atom. The molecule has 0 saturated carbocycles. The Morgan fingerprint density at radius 2 is 2.00 bits per heavy atom. The fourth-order valence-corrected chi connectivity index (χ4v) is 1.40. The number of nitrogens with one attached hydrogen (secondary N) is 1. The van der Waals surface area contributed by atoms with Gasteiger partial charge >= 0.3 is 0 Å². The van der Waals surface area contributed by atoms with Gasteiger partial charge < -0.3 is 10.0 Å². The van der Waals surface area contributed by atoms with E-state index >= 15 is 0 Å². The molecule has 0 bridgehead atoms. The summed E-state index contributed by atoms with van der Waals surface area (Å²) in [6, 6.07) is 0. The van der Waals surface area contributed by atoms with Gasteiger partial charge in [-0.05, 0) is 20.4 Å². The predicted octanol–water partition coefficient (Wildman–Crippen LogP) is -0.762. The van der Waals surface area contributed by atoms with Crippen LogP contribution in [0.5, 0.6) is 0 Å². The second-order valence-corrected chi connectivity index (χ2v) is 5.44. The van der Waals surface area contributed by atoms with Crippen LogP contribution in [0, 0.1) is 0 Å². The average Bonchev–Trinajstić information content (AvgIpc) is 1.98. The first-order valence-corrected chi connectivity index (χ1v) is 6.51. The van der Waals surface area contributed by atoms with E-state index in [0.29, 0.717) is 19.5 Å². The van der Waals surface area contributed by atoms with Gasteiger partial charge in [0.15, 0.2) is 0 Å². The van der Waals surface area contributed by atoms with Gasteiger partial charge in [0.25, 0.3) is 0 Å². The number of hydrogen-bond donors (Lipinski definition) is 2. The Morgan fingerprint density at radius 3 is 2.43 bits per heavy atom. The third-order valence-corrected chi connectivity index (χ3v) is 2.51. The molecule has 0 heterocycles. The Kier molecular flexibility index (Phi) is 6.26. The first kappa shape index (κ1) is 13.8. The van der Waals surface area contributed by atoms with Crippen molar-refractivity contribution in [1.29, 1.82) is 0 Å². The zero-order chi connectivity index (χ0) is 11.2. The number of aliphatic hydroxyl groups is 1. The molecule has 0 aromatic carbocycles. The van der Waals surface area contributed by atoms with Crippen LogP contribution in [0.3, 0.4) is 0 Å². The van der Waals surface area contributed by atoms with Crippen LogP contribution in [0.2, 0.25) is 0 Å². The van der Waals surface area contributed by atoms with E-state index in [-0.39, 0.29) is 6.10 Å². The Hall–Kier alpha value is -0.170. The highest BCUT2D eigenvalue weighted by molar-refractivity contribution is 7.88. The van der Waals surface area contributed by atoms with Crippen LogP contribution in [0.4, 0.5) is 0 Å². The molecule has 0 aromatic rings. The van der Waals surface area contributed by atoms with Crippen molar-refractivity contribution < 1.29 is 13.5 Å². The number of hydrogen-bond acceptors (Lipinski definition) is 4. The highest BCUT2D eigenvalue weighted by atomic mass is 32.2. The number of likely N-dealkylation sites (N-methyl/N-ethyl adjacent to an activating group) is 1. The molecule has 0 aromatic heterocycles. The second-order valence-electron chi connectivity index (χ2n) is 3.61. The third kappa shape index (κ3) is 9.91. The molecule has 0 amide bonds. The van der Waals surface area contributed by atoms with Gasteiger partial charge in [-0.15, -0.1) is 0 Å². The van der Waals surface area contributed by atoms with Gasteiger partial charge in [0.1, 0.15) is 0 Å². The summed E-state index contributed by atoms with van der Waals surface area (Å²) in [6.07, 6.45) is 1.54. The molecule has 0 fully saturated rings. The van der Waals surface area contributed by atoms with E-state index < -0.39 is 10.0 Å². The van der Waals surface area contributed by atoms with Crippen LogP contribution in [0.15, 0.2) is 0 Å². The van der Waals surface area contributed by atoms with Gasteiger partial charge in [0.2, 0.25) is 10.0 Å². The summed E-state index contributed by atoms with van der Waals surface area (Å²) in [5.41, 5.74) is 0. The minimum atomic E-state index is -3.08. The molecule has 6 heteroatoms. The molecule has 0 aliphatic rings. The fourth-order valence-electron chi connectivity index (χ4n) is 0.941. The zero-order valence-corrected chi connectivity index (χ0v) is 9.84. The number of sulfonamides is 1. The van der Waals surface area contributed by atoms with E-state index in [1.807, 2.05) is 11.9 Å². The zero-order valence-electron chi connectivity index (χ0n) is 9.02. The van der Waals surface area contributed by atoms with Crippen LogP contribution in [-0.2, 0) is 10.0 Å². The maximum atomic E-state index is 10.7.